The van der Waals surface area contributed by atoms with E-state index < -0.39 is 0 Å². The molecule has 1 fully saturated rings. The molecule has 0 heterocycles. The van der Waals surface area contributed by atoms with Crippen molar-refractivity contribution in [1.82, 2.24) is 0 Å². The lowest BCUT2D eigenvalue weighted by Crippen LogP contribution is -2.29. The van der Waals surface area contributed by atoms with Gasteiger partial charge in [-0.15, -0.1) is 0 Å². The summed E-state index contributed by atoms with van der Waals surface area (Å²) in [4.78, 5) is 21.7. The van der Waals surface area contributed by atoms with E-state index in [-0.39, 0.29) is 23.5 Å². The van der Waals surface area contributed by atoms with Gasteiger partial charge in [0.05, 0.1) is 0 Å². The van der Waals surface area contributed by atoms with Crippen molar-refractivity contribution in [2.45, 2.75) is 26.2 Å². The summed E-state index contributed by atoms with van der Waals surface area (Å²) >= 11 is 0. The largest absolute Gasteiger partial charge is 0.369 e. The summed E-state index contributed by atoms with van der Waals surface area (Å²) < 4.78 is 0. The van der Waals surface area contributed by atoms with E-state index in [1.54, 1.807) is 0 Å². The van der Waals surface area contributed by atoms with Crippen LogP contribution in [0.1, 0.15) is 26.2 Å². The highest BCUT2D eigenvalue weighted by Crippen LogP contribution is 2.31. The predicted molar refractivity (Wildman–Crippen MR) is 40.7 cm³/mol. The van der Waals surface area contributed by atoms with E-state index in [9.17, 15) is 9.59 Å². The smallest absolute Gasteiger partial charge is 0.221 e. The fraction of sp³-hybridized carbons (Fsp3) is 0.750. The molecule has 3 nitrogen and oxygen atoms in total. The third-order valence-corrected chi connectivity index (χ3v) is 2.40. The topological polar surface area (TPSA) is 60.2 Å². The molecule has 1 aliphatic rings. The molecular weight excluding hydrogens is 142 g/mol. The molecule has 0 saturated heterocycles. The Morgan fingerprint density at radius 2 is 1.82 bits per heavy atom. The Hall–Kier alpha value is -0.860. The minimum atomic E-state index is -0.317. The highest BCUT2D eigenvalue weighted by molar-refractivity contribution is 5.87. The molecule has 0 aromatic carbocycles. The van der Waals surface area contributed by atoms with Gasteiger partial charge in [0, 0.05) is 11.8 Å². The maximum absolute atomic E-state index is 11.0. The first-order valence-electron chi connectivity index (χ1n) is 3.92. The van der Waals surface area contributed by atoms with Crippen LogP contribution in [0.25, 0.3) is 0 Å². The summed E-state index contributed by atoms with van der Waals surface area (Å²) in [5.41, 5.74) is 5.13. The number of Topliss-reactive ketones (excluding diaryl/α,β-unsaturated/α-hetero) is 1. The average molecular weight is 155 g/mol. The molecular formula is C8H13NO2. The third kappa shape index (κ3) is 1.59. The average Bonchev–Trinajstić information content (AvgIpc) is 2.32. The van der Waals surface area contributed by atoms with Gasteiger partial charge in [-0.2, -0.15) is 0 Å². The summed E-state index contributed by atoms with van der Waals surface area (Å²) in [6, 6.07) is 0. The number of rotatable bonds is 2. The molecule has 3 heteroatoms. The Kier molecular flexibility index (Phi) is 2.27. The third-order valence-electron chi connectivity index (χ3n) is 2.40. The first kappa shape index (κ1) is 8.24. The zero-order chi connectivity index (χ0) is 8.43. The van der Waals surface area contributed by atoms with Gasteiger partial charge < -0.3 is 5.73 Å². The molecule has 62 valence electrons. The Morgan fingerprint density at radius 3 is 2.18 bits per heavy atom. The second-order valence-electron chi connectivity index (χ2n) is 3.16. The van der Waals surface area contributed by atoms with Gasteiger partial charge in [0.2, 0.25) is 5.91 Å². The molecule has 0 aromatic rings. The van der Waals surface area contributed by atoms with Crippen LogP contribution in [0.5, 0.6) is 0 Å². The van der Waals surface area contributed by atoms with Crippen molar-refractivity contribution < 1.29 is 9.59 Å². The lowest BCUT2D eigenvalue weighted by molar-refractivity contribution is -0.129. The molecule has 0 spiro atoms. The van der Waals surface area contributed by atoms with Gasteiger partial charge in [-0.05, 0) is 19.8 Å². The van der Waals surface area contributed by atoms with Crippen molar-refractivity contribution >= 4 is 11.7 Å². The van der Waals surface area contributed by atoms with Gasteiger partial charge in [0.15, 0.2) is 0 Å². The summed E-state index contributed by atoms with van der Waals surface area (Å²) in [6.45, 7) is 1.53. The van der Waals surface area contributed by atoms with Crippen molar-refractivity contribution in [1.29, 1.82) is 0 Å². The fourth-order valence-electron chi connectivity index (χ4n) is 1.79. The molecule has 0 bridgehead atoms. The Bertz CT molecular complexity index is 169. The molecule has 0 aromatic heterocycles. The zero-order valence-corrected chi connectivity index (χ0v) is 6.67. The number of ketones is 1. The van der Waals surface area contributed by atoms with Gasteiger partial charge in [0.1, 0.15) is 5.78 Å². The molecule has 1 saturated carbocycles. The second kappa shape index (κ2) is 3.03. The van der Waals surface area contributed by atoms with Gasteiger partial charge >= 0.3 is 0 Å². The molecule has 1 unspecified atom stereocenters. The number of carbonyl (C=O) groups is 2. The number of hydrogen-bond donors (Lipinski definition) is 1. The number of amides is 1. The highest BCUT2D eigenvalue weighted by atomic mass is 16.1. The predicted octanol–water partition coefficient (Wildman–Crippen LogP) is 0.477. The van der Waals surface area contributed by atoms with Crippen molar-refractivity contribution in [3.05, 3.63) is 0 Å². The van der Waals surface area contributed by atoms with Crippen molar-refractivity contribution in [2.75, 3.05) is 0 Å². The first-order valence-corrected chi connectivity index (χ1v) is 3.92. The van der Waals surface area contributed by atoms with E-state index in [1.807, 2.05) is 0 Å². The molecule has 2 atom stereocenters. The van der Waals surface area contributed by atoms with Gasteiger partial charge in [-0.1, -0.05) is 6.42 Å². The molecule has 1 amide bonds. The summed E-state index contributed by atoms with van der Waals surface area (Å²) in [7, 11) is 0. The minimum absolute atomic E-state index is 0.0903. The normalized spacial score (nSPS) is 30.3. The quantitative estimate of drug-likeness (QED) is 0.630. The van der Waals surface area contributed by atoms with E-state index in [4.69, 9.17) is 5.73 Å². The van der Waals surface area contributed by atoms with Crippen LogP contribution < -0.4 is 5.73 Å². The molecule has 1 rings (SSSR count). The van der Waals surface area contributed by atoms with Crippen LogP contribution in [0, 0.1) is 11.8 Å². The van der Waals surface area contributed by atoms with E-state index in [0.717, 1.165) is 19.3 Å². The number of nitrogens with two attached hydrogens (primary N) is 1. The van der Waals surface area contributed by atoms with Crippen LogP contribution in [0.4, 0.5) is 0 Å². The second-order valence-corrected chi connectivity index (χ2v) is 3.16. The summed E-state index contributed by atoms with van der Waals surface area (Å²) in [5, 5.41) is 0. The molecule has 0 radical (unpaired) electrons. The van der Waals surface area contributed by atoms with Crippen molar-refractivity contribution in [3.63, 3.8) is 0 Å². The van der Waals surface area contributed by atoms with E-state index >= 15 is 0 Å². The van der Waals surface area contributed by atoms with E-state index in [1.165, 1.54) is 6.92 Å². The molecule has 1 aliphatic carbocycles. The zero-order valence-electron chi connectivity index (χ0n) is 6.67. The van der Waals surface area contributed by atoms with Crippen LogP contribution in [0.3, 0.4) is 0 Å². The fourth-order valence-corrected chi connectivity index (χ4v) is 1.79. The summed E-state index contributed by atoms with van der Waals surface area (Å²) in [5.74, 6) is -0.492. The van der Waals surface area contributed by atoms with Gasteiger partial charge in [0.25, 0.3) is 0 Å². The Morgan fingerprint density at radius 1 is 1.27 bits per heavy atom. The Labute approximate surface area is 66.0 Å². The monoisotopic (exact) mass is 155 g/mol. The lowest BCUT2D eigenvalue weighted by Gasteiger charge is -2.11. The maximum atomic E-state index is 11.0. The molecule has 11 heavy (non-hydrogen) atoms. The maximum Gasteiger partial charge on any atom is 0.221 e. The molecule has 2 N–H and O–H groups in total. The summed E-state index contributed by atoms with van der Waals surface area (Å²) in [6.07, 6.45) is 2.58. The van der Waals surface area contributed by atoms with Crippen molar-refractivity contribution in [2.24, 2.45) is 17.6 Å². The highest BCUT2D eigenvalue weighted by Gasteiger charge is 2.34. The minimum Gasteiger partial charge on any atom is -0.369 e. The van der Waals surface area contributed by atoms with Gasteiger partial charge in [-0.25, -0.2) is 0 Å². The first-order chi connectivity index (χ1) is 5.13. The van der Waals surface area contributed by atoms with Crippen LogP contribution in [0.2, 0.25) is 0 Å². The van der Waals surface area contributed by atoms with Crippen LogP contribution >= 0.6 is 0 Å². The Balaban J connectivity index is 2.65. The number of primary amides is 1. The standard InChI is InChI=1S/C8H13NO2/c1-5(10)6-3-2-4-7(6)8(9)11/h6-7H,2-4H2,1H3,(H2,9,11)/t6?,7-/m1/s1. The van der Waals surface area contributed by atoms with Crippen LogP contribution in [0.15, 0.2) is 0 Å². The van der Waals surface area contributed by atoms with Crippen LogP contribution in [-0.2, 0) is 9.59 Å². The molecule has 0 aliphatic heterocycles. The van der Waals surface area contributed by atoms with E-state index in [2.05, 4.69) is 0 Å². The lowest BCUT2D eigenvalue weighted by atomic mass is 9.92. The van der Waals surface area contributed by atoms with Crippen molar-refractivity contribution in [3.8, 4) is 0 Å². The van der Waals surface area contributed by atoms with Gasteiger partial charge in [-0.3, -0.25) is 9.59 Å². The van der Waals surface area contributed by atoms with Crippen LogP contribution in [-0.4, -0.2) is 11.7 Å². The number of hydrogen-bond acceptors (Lipinski definition) is 2. The van der Waals surface area contributed by atoms with E-state index in [0.29, 0.717) is 0 Å². The SMILES string of the molecule is CC(=O)C1CCC[C@H]1C(N)=O. The number of carbonyl (C=O) groups excluding carboxylic acids is 2.